The summed E-state index contributed by atoms with van der Waals surface area (Å²) in [5.74, 6) is 1.05. The summed E-state index contributed by atoms with van der Waals surface area (Å²) in [5, 5.41) is 0. The summed E-state index contributed by atoms with van der Waals surface area (Å²) < 4.78 is 39.1. The van der Waals surface area contributed by atoms with Crippen LogP contribution in [0.5, 0.6) is 11.5 Å². The summed E-state index contributed by atoms with van der Waals surface area (Å²) in [7, 11) is -4.14. The largest absolute Gasteiger partial charge is 0.453 e. The van der Waals surface area contributed by atoms with Gasteiger partial charge in [0.15, 0.2) is 11.5 Å². The Morgan fingerprint density at radius 2 is 1.77 bits per heavy atom. The lowest BCUT2D eigenvalue weighted by Crippen LogP contribution is -2.30. The SMILES string of the molecule is CCc1ccc2c(c1)N(C(CCS(=O)(=O)O)c1ncccc1CC)c1ccccc1O2. The van der Waals surface area contributed by atoms with Gasteiger partial charge in [-0.3, -0.25) is 9.54 Å². The first-order valence-corrected chi connectivity index (χ1v) is 12.1. The molecule has 1 unspecified atom stereocenters. The smallest absolute Gasteiger partial charge is 0.264 e. The molecule has 0 aliphatic carbocycles. The van der Waals surface area contributed by atoms with E-state index in [-0.39, 0.29) is 12.2 Å². The minimum absolute atomic E-state index is 0.187. The van der Waals surface area contributed by atoms with E-state index in [0.717, 1.165) is 41.0 Å². The molecule has 1 atom stereocenters. The molecule has 162 valence electrons. The molecule has 7 heteroatoms. The van der Waals surface area contributed by atoms with E-state index in [2.05, 4.69) is 29.8 Å². The molecule has 0 amide bonds. The van der Waals surface area contributed by atoms with Crippen molar-refractivity contribution in [2.75, 3.05) is 10.7 Å². The Hall–Kier alpha value is -2.90. The van der Waals surface area contributed by atoms with E-state index in [1.165, 1.54) is 0 Å². The lowest BCUT2D eigenvalue weighted by atomic mass is 9.98. The van der Waals surface area contributed by atoms with Gasteiger partial charge in [0, 0.05) is 6.20 Å². The minimum atomic E-state index is -4.14. The maximum Gasteiger partial charge on any atom is 0.264 e. The first kappa shape index (κ1) is 21.3. The fraction of sp³-hybridized carbons (Fsp3) is 0.292. The van der Waals surface area contributed by atoms with Crippen molar-refractivity contribution in [3.8, 4) is 11.5 Å². The average molecular weight is 439 g/mol. The summed E-state index contributed by atoms with van der Waals surface area (Å²) >= 11 is 0. The van der Waals surface area contributed by atoms with E-state index in [1.54, 1.807) is 6.20 Å². The summed E-state index contributed by atoms with van der Waals surface area (Å²) in [6.07, 6.45) is 3.54. The number of hydrogen-bond donors (Lipinski definition) is 1. The zero-order chi connectivity index (χ0) is 22.0. The molecule has 1 aliphatic heterocycles. The number of aryl methyl sites for hydroxylation is 2. The fourth-order valence-corrected chi connectivity index (χ4v) is 4.60. The Labute approximate surface area is 183 Å². The monoisotopic (exact) mass is 438 g/mol. The lowest BCUT2D eigenvalue weighted by Gasteiger charge is -2.39. The van der Waals surface area contributed by atoms with Crippen LogP contribution >= 0.6 is 0 Å². The third-order valence-electron chi connectivity index (χ3n) is 5.62. The standard InChI is InChI=1S/C24H26N2O4S/c1-3-17-11-12-23-21(16-17)26(19-9-5-6-10-22(19)30-23)20(13-15-31(27,28)29)24-18(4-2)8-7-14-25-24/h5-12,14,16,20H,3-4,13,15H2,1-2H3,(H,27,28,29). The van der Waals surface area contributed by atoms with Crippen molar-refractivity contribution < 1.29 is 17.7 Å². The Bertz CT molecular complexity index is 1190. The number of benzene rings is 2. The van der Waals surface area contributed by atoms with Gasteiger partial charge in [-0.1, -0.05) is 38.1 Å². The molecule has 1 N–H and O–H groups in total. The van der Waals surface area contributed by atoms with Gasteiger partial charge in [0.1, 0.15) is 0 Å². The number of nitrogens with zero attached hydrogens (tertiary/aromatic N) is 2. The zero-order valence-electron chi connectivity index (χ0n) is 17.7. The Balaban J connectivity index is 1.93. The predicted molar refractivity (Wildman–Crippen MR) is 122 cm³/mol. The van der Waals surface area contributed by atoms with Crippen LogP contribution in [0.15, 0.2) is 60.8 Å². The fourth-order valence-electron chi connectivity index (χ4n) is 4.08. The topological polar surface area (TPSA) is 79.7 Å². The van der Waals surface area contributed by atoms with E-state index in [9.17, 15) is 13.0 Å². The highest BCUT2D eigenvalue weighted by molar-refractivity contribution is 7.85. The van der Waals surface area contributed by atoms with Gasteiger partial charge in [0.2, 0.25) is 0 Å². The second-order valence-corrected chi connectivity index (χ2v) is 9.16. The number of ether oxygens (including phenoxy) is 1. The summed E-state index contributed by atoms with van der Waals surface area (Å²) in [4.78, 5) is 6.77. The van der Waals surface area contributed by atoms with Gasteiger partial charge < -0.3 is 9.64 Å². The number of aromatic nitrogens is 1. The molecule has 0 radical (unpaired) electrons. The Kier molecular flexibility index (Phi) is 5.98. The van der Waals surface area contributed by atoms with Crippen molar-refractivity contribution in [3.05, 3.63) is 77.6 Å². The second-order valence-electron chi connectivity index (χ2n) is 7.59. The van der Waals surface area contributed by atoms with Gasteiger partial charge in [-0.25, -0.2) is 0 Å². The van der Waals surface area contributed by atoms with E-state index in [4.69, 9.17) is 4.74 Å². The van der Waals surface area contributed by atoms with Crippen molar-refractivity contribution in [1.29, 1.82) is 0 Å². The molecule has 4 rings (SSSR count). The third kappa shape index (κ3) is 4.43. The Morgan fingerprint density at radius 3 is 2.52 bits per heavy atom. The van der Waals surface area contributed by atoms with Gasteiger partial charge in [-0.05, 0) is 60.7 Å². The van der Waals surface area contributed by atoms with Crippen LogP contribution in [0, 0.1) is 0 Å². The highest BCUT2D eigenvalue weighted by Gasteiger charge is 2.33. The molecule has 31 heavy (non-hydrogen) atoms. The molecule has 3 aromatic rings. The predicted octanol–water partition coefficient (Wildman–Crippen LogP) is 5.47. The minimum Gasteiger partial charge on any atom is -0.453 e. The zero-order valence-corrected chi connectivity index (χ0v) is 18.5. The van der Waals surface area contributed by atoms with Crippen molar-refractivity contribution >= 4 is 21.5 Å². The van der Waals surface area contributed by atoms with E-state index in [0.29, 0.717) is 11.5 Å². The van der Waals surface area contributed by atoms with Crippen LogP contribution in [-0.2, 0) is 23.0 Å². The molecule has 2 heterocycles. The van der Waals surface area contributed by atoms with Crippen LogP contribution in [-0.4, -0.2) is 23.7 Å². The molecule has 0 bridgehead atoms. The number of para-hydroxylation sites is 2. The van der Waals surface area contributed by atoms with Crippen molar-refractivity contribution in [1.82, 2.24) is 4.98 Å². The normalized spacial score (nSPS) is 13.8. The Morgan fingerprint density at radius 1 is 1.00 bits per heavy atom. The van der Waals surface area contributed by atoms with Gasteiger partial charge in [0.05, 0.1) is 28.9 Å². The molecule has 0 saturated carbocycles. The summed E-state index contributed by atoms with van der Waals surface area (Å²) in [5.41, 5.74) is 4.71. The molecule has 0 fully saturated rings. The number of anilines is 2. The van der Waals surface area contributed by atoms with Gasteiger partial charge in [0.25, 0.3) is 10.1 Å². The van der Waals surface area contributed by atoms with Gasteiger partial charge in [-0.2, -0.15) is 8.42 Å². The van der Waals surface area contributed by atoms with Crippen molar-refractivity contribution in [2.24, 2.45) is 0 Å². The molecule has 0 spiro atoms. The quantitative estimate of drug-likeness (QED) is 0.493. The molecule has 1 aromatic heterocycles. The molecular weight excluding hydrogens is 412 g/mol. The van der Waals surface area contributed by atoms with E-state index in [1.807, 2.05) is 48.5 Å². The van der Waals surface area contributed by atoms with Crippen LogP contribution in [0.4, 0.5) is 11.4 Å². The summed E-state index contributed by atoms with van der Waals surface area (Å²) in [6.45, 7) is 4.14. The maximum atomic E-state index is 11.7. The van der Waals surface area contributed by atoms with Gasteiger partial charge in [-0.15, -0.1) is 0 Å². The highest BCUT2D eigenvalue weighted by atomic mass is 32.2. The van der Waals surface area contributed by atoms with E-state index < -0.39 is 16.2 Å². The molecule has 0 saturated heterocycles. The maximum absolute atomic E-state index is 11.7. The molecule has 1 aliphatic rings. The first-order valence-electron chi connectivity index (χ1n) is 10.5. The number of fused-ring (bicyclic) bond motifs is 2. The van der Waals surface area contributed by atoms with Crippen LogP contribution < -0.4 is 9.64 Å². The lowest BCUT2D eigenvalue weighted by molar-refractivity contribution is 0.459. The van der Waals surface area contributed by atoms with Crippen LogP contribution in [0.25, 0.3) is 0 Å². The van der Waals surface area contributed by atoms with Crippen molar-refractivity contribution in [2.45, 2.75) is 39.2 Å². The first-order chi connectivity index (χ1) is 14.9. The summed E-state index contributed by atoms with van der Waals surface area (Å²) in [6, 6.07) is 17.3. The molecular formula is C24H26N2O4S. The van der Waals surface area contributed by atoms with Crippen LogP contribution in [0.3, 0.4) is 0 Å². The molecule has 2 aromatic carbocycles. The number of rotatable bonds is 7. The highest BCUT2D eigenvalue weighted by Crippen LogP contribution is 2.51. The number of hydrogen-bond acceptors (Lipinski definition) is 5. The van der Waals surface area contributed by atoms with Crippen LogP contribution in [0.1, 0.15) is 43.1 Å². The third-order valence-corrected chi connectivity index (χ3v) is 6.37. The van der Waals surface area contributed by atoms with E-state index >= 15 is 0 Å². The number of pyridine rings is 1. The second kappa shape index (κ2) is 8.69. The average Bonchev–Trinajstić information content (AvgIpc) is 2.77. The van der Waals surface area contributed by atoms with Crippen LogP contribution in [0.2, 0.25) is 0 Å². The van der Waals surface area contributed by atoms with Gasteiger partial charge >= 0.3 is 0 Å². The molecule has 6 nitrogen and oxygen atoms in total. The van der Waals surface area contributed by atoms with Crippen molar-refractivity contribution in [3.63, 3.8) is 0 Å².